The molecular weight excluding hydrogens is 266 g/mol. The van der Waals surface area contributed by atoms with E-state index < -0.39 is 9.84 Å². The van der Waals surface area contributed by atoms with Crippen molar-refractivity contribution >= 4 is 9.84 Å². The van der Waals surface area contributed by atoms with Crippen LogP contribution in [0.25, 0.3) is 0 Å². The van der Waals surface area contributed by atoms with Gasteiger partial charge < -0.3 is 5.11 Å². The maximum atomic E-state index is 11.6. The molecule has 106 valence electrons. The molecule has 2 atom stereocenters. The number of sulfone groups is 1. The molecule has 2 aliphatic rings. The van der Waals surface area contributed by atoms with E-state index in [9.17, 15) is 13.5 Å². The molecule has 0 amide bonds. The molecule has 19 heavy (non-hydrogen) atoms. The molecule has 2 aliphatic heterocycles. The first-order valence-corrected chi connectivity index (χ1v) is 8.65. The number of aliphatic hydroxyl groups excluding tert-OH is 1. The third-order valence-electron chi connectivity index (χ3n) is 3.91. The molecule has 0 aliphatic carbocycles. The third kappa shape index (κ3) is 2.97. The molecule has 2 unspecified atom stereocenters. The predicted octanol–water partition coefficient (Wildman–Crippen LogP) is -0.0475. The summed E-state index contributed by atoms with van der Waals surface area (Å²) in [5.74, 6) is 2.29. The first kappa shape index (κ1) is 13.1. The summed E-state index contributed by atoms with van der Waals surface area (Å²) in [6.45, 7) is 0.701. The monoisotopic (exact) mass is 285 g/mol. The summed E-state index contributed by atoms with van der Waals surface area (Å²) >= 11 is 0. The van der Waals surface area contributed by atoms with Crippen LogP contribution in [-0.4, -0.2) is 45.9 Å². The SMILES string of the molecule is O=S1(=O)CCCC(Cc2nc3n(n2)CCC(O)C3)C1. The van der Waals surface area contributed by atoms with Crippen molar-refractivity contribution in [1.29, 1.82) is 0 Å². The summed E-state index contributed by atoms with van der Waals surface area (Å²) in [6, 6.07) is 0. The zero-order chi connectivity index (χ0) is 13.5. The molecule has 1 aromatic heterocycles. The number of rotatable bonds is 2. The Bertz CT molecular complexity index is 567. The molecule has 1 fully saturated rings. The number of aliphatic hydroxyl groups is 1. The highest BCUT2D eigenvalue weighted by atomic mass is 32.2. The highest BCUT2D eigenvalue weighted by Gasteiger charge is 2.27. The molecule has 0 spiro atoms. The molecule has 0 saturated carbocycles. The number of fused-ring (bicyclic) bond motifs is 1. The van der Waals surface area contributed by atoms with E-state index in [1.54, 1.807) is 0 Å². The molecule has 0 aromatic carbocycles. The van der Waals surface area contributed by atoms with Crippen LogP contribution >= 0.6 is 0 Å². The van der Waals surface area contributed by atoms with Crippen molar-refractivity contribution in [2.45, 2.75) is 44.8 Å². The zero-order valence-electron chi connectivity index (χ0n) is 10.8. The normalized spacial score (nSPS) is 29.9. The van der Waals surface area contributed by atoms with Gasteiger partial charge in [0.25, 0.3) is 0 Å². The Morgan fingerprint density at radius 1 is 1.37 bits per heavy atom. The van der Waals surface area contributed by atoms with Crippen LogP contribution < -0.4 is 0 Å². The minimum absolute atomic E-state index is 0.146. The molecule has 7 heteroatoms. The van der Waals surface area contributed by atoms with Crippen LogP contribution in [0.2, 0.25) is 0 Å². The van der Waals surface area contributed by atoms with E-state index >= 15 is 0 Å². The van der Waals surface area contributed by atoms with Gasteiger partial charge in [0.15, 0.2) is 15.7 Å². The third-order valence-corrected chi connectivity index (χ3v) is 5.80. The quantitative estimate of drug-likeness (QED) is 0.823. The lowest BCUT2D eigenvalue weighted by Crippen LogP contribution is -2.26. The van der Waals surface area contributed by atoms with Gasteiger partial charge in [-0.05, 0) is 25.2 Å². The minimum atomic E-state index is -2.87. The summed E-state index contributed by atoms with van der Waals surface area (Å²) in [5, 5.41) is 14.0. The van der Waals surface area contributed by atoms with Gasteiger partial charge in [-0.25, -0.2) is 18.1 Å². The lowest BCUT2D eigenvalue weighted by molar-refractivity contribution is 0.138. The Balaban J connectivity index is 1.70. The highest BCUT2D eigenvalue weighted by Crippen LogP contribution is 2.22. The topological polar surface area (TPSA) is 85.1 Å². The van der Waals surface area contributed by atoms with Gasteiger partial charge in [0.05, 0.1) is 17.6 Å². The van der Waals surface area contributed by atoms with Crippen molar-refractivity contribution in [2.24, 2.45) is 5.92 Å². The van der Waals surface area contributed by atoms with Gasteiger partial charge in [0, 0.05) is 19.4 Å². The van der Waals surface area contributed by atoms with Gasteiger partial charge in [-0.1, -0.05) is 0 Å². The first-order chi connectivity index (χ1) is 9.02. The second-order valence-electron chi connectivity index (χ2n) is 5.64. The van der Waals surface area contributed by atoms with Gasteiger partial charge >= 0.3 is 0 Å². The Kier molecular flexibility index (Phi) is 3.34. The Hall–Kier alpha value is -0.950. The predicted molar refractivity (Wildman–Crippen MR) is 69.4 cm³/mol. The van der Waals surface area contributed by atoms with Crippen LogP contribution in [0.1, 0.15) is 30.9 Å². The maximum absolute atomic E-state index is 11.6. The first-order valence-electron chi connectivity index (χ1n) is 6.83. The summed E-state index contributed by atoms with van der Waals surface area (Å²) in [7, 11) is -2.87. The van der Waals surface area contributed by atoms with E-state index in [-0.39, 0.29) is 17.8 Å². The van der Waals surface area contributed by atoms with E-state index in [2.05, 4.69) is 10.1 Å². The minimum Gasteiger partial charge on any atom is -0.393 e. The number of nitrogens with zero attached hydrogens (tertiary/aromatic N) is 3. The van der Waals surface area contributed by atoms with Crippen LogP contribution in [0.15, 0.2) is 0 Å². The summed E-state index contributed by atoms with van der Waals surface area (Å²) < 4.78 is 25.1. The Morgan fingerprint density at radius 2 is 2.21 bits per heavy atom. The largest absolute Gasteiger partial charge is 0.393 e. The number of aryl methyl sites for hydroxylation is 1. The molecule has 3 rings (SSSR count). The molecule has 6 nitrogen and oxygen atoms in total. The standard InChI is InChI=1S/C12H19N3O3S/c16-10-3-4-15-12(7-10)13-11(14-15)6-9-2-1-5-19(17,18)8-9/h9-10,16H,1-8H2. The number of hydrogen-bond donors (Lipinski definition) is 1. The zero-order valence-corrected chi connectivity index (χ0v) is 11.6. The van der Waals surface area contributed by atoms with E-state index in [4.69, 9.17) is 0 Å². The molecule has 1 aromatic rings. The van der Waals surface area contributed by atoms with E-state index in [0.29, 0.717) is 31.6 Å². The fourth-order valence-electron chi connectivity index (χ4n) is 2.96. The van der Waals surface area contributed by atoms with Crippen LogP contribution in [0.4, 0.5) is 0 Å². The van der Waals surface area contributed by atoms with Gasteiger partial charge in [-0.2, -0.15) is 5.10 Å². The summed E-state index contributed by atoms with van der Waals surface area (Å²) in [4.78, 5) is 4.44. The smallest absolute Gasteiger partial charge is 0.151 e. The van der Waals surface area contributed by atoms with E-state index in [1.165, 1.54) is 0 Å². The molecule has 1 N–H and O–H groups in total. The van der Waals surface area contributed by atoms with Crippen LogP contribution in [0, 0.1) is 5.92 Å². The highest BCUT2D eigenvalue weighted by molar-refractivity contribution is 7.91. The van der Waals surface area contributed by atoms with Gasteiger partial charge in [0.2, 0.25) is 0 Å². The second kappa shape index (κ2) is 4.86. The fourth-order valence-corrected chi connectivity index (χ4v) is 4.74. The molecule has 1 saturated heterocycles. The molecular formula is C12H19N3O3S. The average molecular weight is 285 g/mol. The van der Waals surface area contributed by atoms with Crippen molar-refractivity contribution in [3.63, 3.8) is 0 Å². The van der Waals surface area contributed by atoms with E-state index in [1.807, 2.05) is 4.68 Å². The summed E-state index contributed by atoms with van der Waals surface area (Å²) in [5.41, 5.74) is 0. The van der Waals surface area contributed by atoms with Gasteiger partial charge in [-0.3, -0.25) is 0 Å². The number of hydrogen-bond acceptors (Lipinski definition) is 5. The van der Waals surface area contributed by atoms with Crippen molar-refractivity contribution in [1.82, 2.24) is 14.8 Å². The van der Waals surface area contributed by atoms with Crippen molar-refractivity contribution in [2.75, 3.05) is 11.5 Å². The van der Waals surface area contributed by atoms with Crippen molar-refractivity contribution in [3.05, 3.63) is 11.6 Å². The average Bonchev–Trinajstić information content (AvgIpc) is 2.68. The van der Waals surface area contributed by atoms with Crippen LogP contribution in [-0.2, 0) is 29.2 Å². The lowest BCUT2D eigenvalue weighted by atomic mass is 10.0. The second-order valence-corrected chi connectivity index (χ2v) is 7.87. The van der Waals surface area contributed by atoms with Gasteiger partial charge in [-0.15, -0.1) is 0 Å². The Morgan fingerprint density at radius 3 is 3.00 bits per heavy atom. The molecule has 0 bridgehead atoms. The van der Waals surface area contributed by atoms with Gasteiger partial charge in [0.1, 0.15) is 5.82 Å². The van der Waals surface area contributed by atoms with Crippen molar-refractivity contribution < 1.29 is 13.5 Å². The van der Waals surface area contributed by atoms with Crippen LogP contribution in [0.3, 0.4) is 0 Å². The fraction of sp³-hybridized carbons (Fsp3) is 0.833. The summed E-state index contributed by atoms with van der Waals surface area (Å²) in [6.07, 6.45) is 3.27. The Labute approximate surface area is 112 Å². The lowest BCUT2D eigenvalue weighted by Gasteiger charge is -2.20. The van der Waals surface area contributed by atoms with E-state index in [0.717, 1.165) is 24.5 Å². The molecule has 0 radical (unpaired) electrons. The number of aromatic nitrogens is 3. The van der Waals surface area contributed by atoms with Crippen LogP contribution in [0.5, 0.6) is 0 Å². The maximum Gasteiger partial charge on any atom is 0.151 e. The van der Waals surface area contributed by atoms with Crippen molar-refractivity contribution in [3.8, 4) is 0 Å². The molecule has 3 heterocycles.